The van der Waals surface area contributed by atoms with Gasteiger partial charge in [-0.3, -0.25) is 9.69 Å². The molecule has 0 unspecified atom stereocenters. The molecule has 1 aliphatic heterocycles. The van der Waals surface area contributed by atoms with Crippen LogP contribution in [0.4, 0.5) is 16.2 Å². The lowest BCUT2D eigenvalue weighted by Crippen LogP contribution is -2.37. The molecule has 0 aliphatic carbocycles. The maximum atomic E-state index is 11.5. The highest BCUT2D eigenvalue weighted by molar-refractivity contribution is 5.96. The summed E-state index contributed by atoms with van der Waals surface area (Å²) in [7, 11) is 1.30. The molecule has 0 radical (unpaired) electrons. The molecule has 0 fully saturated rings. The number of amides is 1. The van der Waals surface area contributed by atoms with Gasteiger partial charge in [0.25, 0.3) is 0 Å². The SMILES string of the molecule is COC(=O)N1CN(CC(=O)O)c2ccccc21. The highest BCUT2D eigenvalue weighted by atomic mass is 16.5. The predicted octanol–water partition coefficient (Wildman–Crippen LogP) is 1.12. The molecule has 0 saturated carbocycles. The van der Waals surface area contributed by atoms with Gasteiger partial charge in [-0.25, -0.2) is 4.79 Å². The molecule has 0 atom stereocenters. The minimum absolute atomic E-state index is 0.148. The molecular weight excluding hydrogens is 224 g/mol. The smallest absolute Gasteiger partial charge is 0.415 e. The first-order valence-corrected chi connectivity index (χ1v) is 5.04. The van der Waals surface area contributed by atoms with Gasteiger partial charge in [0.2, 0.25) is 0 Å². The zero-order chi connectivity index (χ0) is 12.4. The van der Waals surface area contributed by atoms with Crippen molar-refractivity contribution < 1.29 is 19.4 Å². The summed E-state index contributed by atoms with van der Waals surface area (Å²) in [6.07, 6.45) is -0.495. The van der Waals surface area contributed by atoms with E-state index in [1.54, 1.807) is 29.2 Å². The Hall–Kier alpha value is -2.24. The Kier molecular flexibility index (Phi) is 2.86. The van der Waals surface area contributed by atoms with E-state index in [9.17, 15) is 9.59 Å². The number of methoxy groups -OCH3 is 1. The fourth-order valence-electron chi connectivity index (χ4n) is 1.85. The number of carbonyl (C=O) groups is 2. The Morgan fingerprint density at radius 1 is 1.35 bits per heavy atom. The third kappa shape index (κ3) is 2.01. The molecule has 0 aromatic heterocycles. The molecule has 0 spiro atoms. The van der Waals surface area contributed by atoms with Crippen LogP contribution in [0.25, 0.3) is 0 Å². The van der Waals surface area contributed by atoms with Crippen LogP contribution in [-0.2, 0) is 9.53 Å². The number of hydrogen-bond donors (Lipinski definition) is 1. The van der Waals surface area contributed by atoms with Crippen molar-refractivity contribution in [3.8, 4) is 0 Å². The number of hydrogen-bond acceptors (Lipinski definition) is 4. The molecule has 2 rings (SSSR count). The van der Waals surface area contributed by atoms with E-state index in [4.69, 9.17) is 5.11 Å². The molecule has 17 heavy (non-hydrogen) atoms. The Balaban J connectivity index is 2.32. The second-order valence-electron chi connectivity index (χ2n) is 3.62. The van der Waals surface area contributed by atoms with Gasteiger partial charge in [0.05, 0.1) is 18.5 Å². The predicted molar refractivity (Wildman–Crippen MR) is 61.2 cm³/mol. The number of aliphatic carboxylic acids is 1. The van der Waals surface area contributed by atoms with E-state index in [2.05, 4.69) is 4.74 Å². The summed E-state index contributed by atoms with van der Waals surface area (Å²) in [6, 6.07) is 7.13. The second kappa shape index (κ2) is 4.32. The second-order valence-corrected chi connectivity index (χ2v) is 3.62. The lowest BCUT2D eigenvalue weighted by atomic mass is 10.2. The molecule has 90 valence electrons. The maximum absolute atomic E-state index is 11.5. The third-order valence-electron chi connectivity index (χ3n) is 2.55. The highest BCUT2D eigenvalue weighted by Crippen LogP contribution is 2.35. The van der Waals surface area contributed by atoms with Gasteiger partial charge in [0.15, 0.2) is 0 Å². The number of fused-ring (bicyclic) bond motifs is 1. The summed E-state index contributed by atoms with van der Waals surface area (Å²) < 4.78 is 4.66. The van der Waals surface area contributed by atoms with E-state index in [0.29, 0.717) is 5.69 Å². The highest BCUT2D eigenvalue weighted by Gasteiger charge is 2.31. The molecule has 1 aliphatic rings. The molecule has 1 aromatic carbocycles. The van der Waals surface area contributed by atoms with Gasteiger partial charge in [-0.2, -0.15) is 0 Å². The number of carboxylic acids is 1. The Morgan fingerprint density at radius 2 is 2.00 bits per heavy atom. The number of anilines is 2. The first-order valence-electron chi connectivity index (χ1n) is 5.04. The number of nitrogens with zero attached hydrogens (tertiary/aromatic N) is 2. The first kappa shape index (κ1) is 11.3. The summed E-state index contributed by atoms with van der Waals surface area (Å²) in [6.45, 7) is 0.0445. The molecule has 1 amide bonds. The fourth-order valence-corrected chi connectivity index (χ4v) is 1.85. The fraction of sp³-hybridized carbons (Fsp3) is 0.273. The minimum atomic E-state index is -0.938. The van der Waals surface area contributed by atoms with Crippen molar-refractivity contribution in [2.24, 2.45) is 0 Å². The number of carboxylic acid groups (broad SMARTS) is 1. The standard InChI is InChI=1S/C11H12N2O4/c1-17-11(16)13-7-12(6-10(14)15)8-4-2-3-5-9(8)13/h2-5H,6-7H2,1H3,(H,14,15). The summed E-state index contributed by atoms with van der Waals surface area (Å²) in [5.74, 6) is -0.938. The van der Waals surface area contributed by atoms with Crippen molar-refractivity contribution in [3.63, 3.8) is 0 Å². The zero-order valence-corrected chi connectivity index (χ0v) is 9.29. The number of benzene rings is 1. The average Bonchev–Trinajstić information content (AvgIpc) is 2.67. The lowest BCUT2D eigenvalue weighted by Gasteiger charge is -2.17. The van der Waals surface area contributed by atoms with Crippen LogP contribution in [0.1, 0.15) is 0 Å². The van der Waals surface area contributed by atoms with E-state index < -0.39 is 12.1 Å². The van der Waals surface area contributed by atoms with Gasteiger partial charge in [0.1, 0.15) is 13.2 Å². The van der Waals surface area contributed by atoms with Gasteiger partial charge in [-0.05, 0) is 12.1 Å². The Labute approximate surface area is 98.0 Å². The summed E-state index contributed by atoms with van der Waals surface area (Å²) in [5.41, 5.74) is 1.39. The van der Waals surface area contributed by atoms with E-state index in [0.717, 1.165) is 5.69 Å². The van der Waals surface area contributed by atoms with Crippen molar-refractivity contribution in [2.75, 3.05) is 30.1 Å². The number of rotatable bonds is 2. The van der Waals surface area contributed by atoms with E-state index >= 15 is 0 Å². The van der Waals surface area contributed by atoms with Crippen molar-refractivity contribution in [1.29, 1.82) is 0 Å². The lowest BCUT2D eigenvalue weighted by molar-refractivity contribution is -0.135. The number of carbonyl (C=O) groups excluding carboxylic acids is 1. The third-order valence-corrected chi connectivity index (χ3v) is 2.55. The van der Waals surface area contributed by atoms with Crippen LogP contribution in [0.15, 0.2) is 24.3 Å². The topological polar surface area (TPSA) is 70.1 Å². The monoisotopic (exact) mass is 236 g/mol. The Morgan fingerprint density at radius 3 is 2.59 bits per heavy atom. The molecular formula is C11H12N2O4. The molecule has 1 N–H and O–H groups in total. The van der Waals surface area contributed by atoms with Crippen molar-refractivity contribution in [1.82, 2.24) is 0 Å². The van der Waals surface area contributed by atoms with E-state index in [1.807, 2.05) is 0 Å². The van der Waals surface area contributed by atoms with Gasteiger partial charge >= 0.3 is 12.1 Å². The normalized spacial score (nSPS) is 13.5. The number of ether oxygens (including phenoxy) is 1. The quantitative estimate of drug-likeness (QED) is 0.833. The van der Waals surface area contributed by atoms with Crippen LogP contribution >= 0.6 is 0 Å². The van der Waals surface area contributed by atoms with Gasteiger partial charge in [-0.15, -0.1) is 0 Å². The van der Waals surface area contributed by atoms with Gasteiger partial charge in [0, 0.05) is 0 Å². The van der Waals surface area contributed by atoms with Crippen LogP contribution in [0, 0.1) is 0 Å². The van der Waals surface area contributed by atoms with Crippen LogP contribution in [0.2, 0.25) is 0 Å². The molecule has 1 heterocycles. The summed E-state index contributed by atoms with van der Waals surface area (Å²) in [4.78, 5) is 25.3. The zero-order valence-electron chi connectivity index (χ0n) is 9.29. The molecule has 0 saturated heterocycles. The number of para-hydroxylation sites is 2. The Bertz CT molecular complexity index is 461. The summed E-state index contributed by atoms with van der Waals surface area (Å²) >= 11 is 0. The van der Waals surface area contributed by atoms with Crippen molar-refractivity contribution in [3.05, 3.63) is 24.3 Å². The van der Waals surface area contributed by atoms with Crippen LogP contribution < -0.4 is 9.80 Å². The molecule has 6 heteroatoms. The van der Waals surface area contributed by atoms with Gasteiger partial charge in [-0.1, -0.05) is 12.1 Å². The first-order chi connectivity index (χ1) is 8.13. The largest absolute Gasteiger partial charge is 0.480 e. The van der Waals surface area contributed by atoms with Crippen LogP contribution in [-0.4, -0.2) is 37.5 Å². The molecule has 0 bridgehead atoms. The van der Waals surface area contributed by atoms with Gasteiger partial charge < -0.3 is 14.7 Å². The molecule has 6 nitrogen and oxygen atoms in total. The van der Waals surface area contributed by atoms with Crippen molar-refractivity contribution in [2.45, 2.75) is 0 Å². The van der Waals surface area contributed by atoms with Crippen LogP contribution in [0.5, 0.6) is 0 Å². The minimum Gasteiger partial charge on any atom is -0.480 e. The van der Waals surface area contributed by atoms with Crippen molar-refractivity contribution >= 4 is 23.4 Å². The van der Waals surface area contributed by atoms with E-state index in [-0.39, 0.29) is 13.2 Å². The van der Waals surface area contributed by atoms with Crippen LogP contribution in [0.3, 0.4) is 0 Å². The average molecular weight is 236 g/mol. The maximum Gasteiger partial charge on any atom is 0.415 e. The van der Waals surface area contributed by atoms with E-state index in [1.165, 1.54) is 12.0 Å². The molecule has 1 aromatic rings. The summed E-state index contributed by atoms with van der Waals surface area (Å²) in [5, 5.41) is 8.81.